The van der Waals surface area contributed by atoms with E-state index in [1.165, 1.54) is 115 Å². The van der Waals surface area contributed by atoms with Crippen LogP contribution in [0.3, 0.4) is 0 Å². The first-order valence-electron chi connectivity index (χ1n) is 10.8. The van der Waals surface area contributed by atoms with E-state index in [0.717, 1.165) is 5.92 Å². The highest BCUT2D eigenvalue weighted by atomic mass is 14.1. The summed E-state index contributed by atoms with van der Waals surface area (Å²) < 4.78 is 0. The zero-order valence-electron chi connectivity index (χ0n) is 16.8. The first-order valence-corrected chi connectivity index (χ1v) is 10.8. The summed E-state index contributed by atoms with van der Waals surface area (Å²) >= 11 is 0. The maximum absolute atomic E-state index is 4.02. The molecule has 23 heavy (non-hydrogen) atoms. The molecule has 0 aromatic carbocycles. The molecule has 0 bridgehead atoms. The minimum absolute atomic E-state index is 1.02. The summed E-state index contributed by atoms with van der Waals surface area (Å²) in [7, 11) is 0. The second-order valence-corrected chi connectivity index (χ2v) is 7.83. The van der Waals surface area contributed by atoms with E-state index in [-0.39, 0.29) is 0 Å². The van der Waals surface area contributed by atoms with Crippen LogP contribution in [0.2, 0.25) is 0 Å². The number of allylic oxidation sites excluding steroid dienone is 1. The van der Waals surface area contributed by atoms with Crippen LogP contribution in [0.25, 0.3) is 0 Å². The van der Waals surface area contributed by atoms with Gasteiger partial charge in [-0.25, -0.2) is 0 Å². The van der Waals surface area contributed by atoms with E-state index in [9.17, 15) is 0 Å². The molecule has 0 amide bonds. The van der Waals surface area contributed by atoms with E-state index in [4.69, 9.17) is 0 Å². The first-order chi connectivity index (χ1) is 11.2. The van der Waals surface area contributed by atoms with Gasteiger partial charge in [-0.2, -0.15) is 0 Å². The molecule has 0 radical (unpaired) electrons. The van der Waals surface area contributed by atoms with Gasteiger partial charge >= 0.3 is 0 Å². The van der Waals surface area contributed by atoms with E-state index in [2.05, 4.69) is 27.4 Å². The fraction of sp³-hybridized carbons (Fsp3) is 0.913. The molecule has 0 nitrogen and oxygen atoms in total. The second-order valence-electron chi connectivity index (χ2n) is 7.83. The Balaban J connectivity index is 3.77. The van der Waals surface area contributed by atoms with Crippen LogP contribution in [0.5, 0.6) is 0 Å². The minimum atomic E-state index is 1.02. The normalized spacial score (nSPS) is 12.5. The molecule has 0 aliphatic carbocycles. The molecule has 0 spiro atoms. The zero-order chi connectivity index (χ0) is 17.2. The predicted molar refractivity (Wildman–Crippen MR) is 108 cm³/mol. The van der Waals surface area contributed by atoms with Crippen molar-refractivity contribution in [2.75, 3.05) is 0 Å². The summed E-state index contributed by atoms with van der Waals surface area (Å²) in [5.41, 5.74) is 1.35. The van der Waals surface area contributed by atoms with Crippen LogP contribution in [-0.2, 0) is 0 Å². The quantitative estimate of drug-likeness (QED) is 0.174. The van der Waals surface area contributed by atoms with Crippen LogP contribution in [-0.4, -0.2) is 0 Å². The highest BCUT2D eigenvalue weighted by Gasteiger charge is 2.08. The Morgan fingerprint density at radius 2 is 1.00 bits per heavy atom. The number of unbranched alkanes of at least 4 members (excludes halogenated alkanes) is 10. The molecule has 0 aliphatic rings. The molecule has 1 atom stereocenters. The Kier molecular flexibility index (Phi) is 17.9. The van der Waals surface area contributed by atoms with E-state index in [1.54, 1.807) is 0 Å². The van der Waals surface area contributed by atoms with Crippen molar-refractivity contribution in [2.24, 2.45) is 5.92 Å². The third-order valence-corrected chi connectivity index (χ3v) is 5.15. The largest absolute Gasteiger partial charge is 0.100 e. The molecule has 0 N–H and O–H groups in total. The maximum atomic E-state index is 4.02. The third-order valence-electron chi connectivity index (χ3n) is 5.15. The molecule has 0 aliphatic heterocycles. The summed E-state index contributed by atoms with van der Waals surface area (Å²) in [6.45, 7) is 10.8. The van der Waals surface area contributed by atoms with Crippen molar-refractivity contribution in [2.45, 2.75) is 130 Å². The second kappa shape index (κ2) is 18.1. The Morgan fingerprint density at radius 3 is 1.48 bits per heavy atom. The van der Waals surface area contributed by atoms with Crippen molar-refractivity contribution in [3.63, 3.8) is 0 Å². The van der Waals surface area contributed by atoms with Gasteiger partial charge in [-0.15, -0.1) is 6.58 Å². The van der Waals surface area contributed by atoms with Gasteiger partial charge in [0.15, 0.2) is 0 Å². The summed E-state index contributed by atoms with van der Waals surface area (Å²) in [5.74, 6) is 1.02. The average molecular weight is 323 g/mol. The molecule has 0 rings (SSSR count). The lowest BCUT2D eigenvalue weighted by Gasteiger charge is -2.17. The number of hydrogen-bond acceptors (Lipinski definition) is 0. The molecule has 0 aromatic rings. The van der Waals surface area contributed by atoms with Crippen LogP contribution in [0.4, 0.5) is 0 Å². The summed E-state index contributed by atoms with van der Waals surface area (Å²) in [5, 5.41) is 0. The predicted octanol–water partition coefficient (Wildman–Crippen LogP) is 8.85. The summed E-state index contributed by atoms with van der Waals surface area (Å²) in [6.07, 6.45) is 24.3. The van der Waals surface area contributed by atoms with E-state index in [1.807, 2.05) is 0 Å². The van der Waals surface area contributed by atoms with Gasteiger partial charge in [0.1, 0.15) is 0 Å². The third kappa shape index (κ3) is 17.9. The molecule has 0 aromatic heterocycles. The molecular formula is C23H46. The fourth-order valence-electron chi connectivity index (χ4n) is 3.54. The Bertz CT molecular complexity index is 240. The SMILES string of the molecule is C=C(C)CCCCCC(CCCCCC)CCCCCCCC. The molecule has 138 valence electrons. The minimum Gasteiger partial charge on any atom is -0.100 e. The Morgan fingerprint density at radius 1 is 0.609 bits per heavy atom. The van der Waals surface area contributed by atoms with Crippen LogP contribution in [0, 0.1) is 5.92 Å². The lowest BCUT2D eigenvalue weighted by Crippen LogP contribution is -2.01. The monoisotopic (exact) mass is 322 g/mol. The van der Waals surface area contributed by atoms with Crippen LogP contribution >= 0.6 is 0 Å². The molecule has 0 saturated carbocycles. The van der Waals surface area contributed by atoms with E-state index >= 15 is 0 Å². The highest BCUT2D eigenvalue weighted by Crippen LogP contribution is 2.24. The lowest BCUT2D eigenvalue weighted by atomic mass is 9.89. The smallest absolute Gasteiger partial charge is 0.0326 e. The molecule has 0 heteroatoms. The molecular weight excluding hydrogens is 276 g/mol. The van der Waals surface area contributed by atoms with Crippen LogP contribution < -0.4 is 0 Å². The van der Waals surface area contributed by atoms with Crippen LogP contribution in [0.1, 0.15) is 130 Å². The van der Waals surface area contributed by atoms with Gasteiger partial charge in [0, 0.05) is 0 Å². The van der Waals surface area contributed by atoms with Crippen molar-refractivity contribution in [3.05, 3.63) is 12.2 Å². The first kappa shape index (κ1) is 22.7. The Hall–Kier alpha value is -0.260. The average Bonchev–Trinajstić information content (AvgIpc) is 2.53. The van der Waals surface area contributed by atoms with Gasteiger partial charge < -0.3 is 0 Å². The topological polar surface area (TPSA) is 0 Å². The van der Waals surface area contributed by atoms with Gasteiger partial charge in [-0.1, -0.05) is 116 Å². The molecule has 0 fully saturated rings. The number of hydrogen-bond donors (Lipinski definition) is 0. The van der Waals surface area contributed by atoms with Gasteiger partial charge in [0.25, 0.3) is 0 Å². The van der Waals surface area contributed by atoms with Gasteiger partial charge in [0.05, 0.1) is 0 Å². The van der Waals surface area contributed by atoms with Crippen molar-refractivity contribution >= 4 is 0 Å². The summed E-state index contributed by atoms with van der Waals surface area (Å²) in [6, 6.07) is 0. The number of rotatable bonds is 18. The lowest BCUT2D eigenvalue weighted by molar-refractivity contribution is 0.368. The van der Waals surface area contributed by atoms with Crippen molar-refractivity contribution in [1.82, 2.24) is 0 Å². The highest BCUT2D eigenvalue weighted by molar-refractivity contribution is 4.87. The fourth-order valence-corrected chi connectivity index (χ4v) is 3.54. The molecule has 0 heterocycles. The summed E-state index contributed by atoms with van der Waals surface area (Å²) in [4.78, 5) is 0. The molecule has 0 saturated heterocycles. The van der Waals surface area contributed by atoms with Crippen LogP contribution in [0.15, 0.2) is 12.2 Å². The standard InChI is InChI=1S/C23H46/c1-5-7-9-11-12-16-20-23(19-15-10-8-6-2)21-17-13-14-18-22(3)4/h23H,3,5-21H2,1-2,4H3. The van der Waals surface area contributed by atoms with E-state index < -0.39 is 0 Å². The van der Waals surface area contributed by atoms with Gasteiger partial charge in [-0.05, 0) is 25.7 Å². The zero-order valence-corrected chi connectivity index (χ0v) is 16.8. The maximum Gasteiger partial charge on any atom is -0.0326 e. The van der Waals surface area contributed by atoms with Crippen molar-refractivity contribution in [3.8, 4) is 0 Å². The van der Waals surface area contributed by atoms with Gasteiger partial charge in [0.2, 0.25) is 0 Å². The van der Waals surface area contributed by atoms with Gasteiger partial charge in [-0.3, -0.25) is 0 Å². The molecule has 1 unspecified atom stereocenters. The Labute approximate surface area is 148 Å². The van der Waals surface area contributed by atoms with Crippen molar-refractivity contribution in [1.29, 1.82) is 0 Å². The van der Waals surface area contributed by atoms with E-state index in [0.29, 0.717) is 0 Å². The van der Waals surface area contributed by atoms with Crippen molar-refractivity contribution < 1.29 is 0 Å².